The van der Waals surface area contributed by atoms with Crippen molar-refractivity contribution in [1.82, 2.24) is 4.37 Å². The summed E-state index contributed by atoms with van der Waals surface area (Å²) in [5, 5.41) is 3.65. The molecule has 0 unspecified atom stereocenters. The summed E-state index contributed by atoms with van der Waals surface area (Å²) in [4.78, 5) is 11.5. The number of nitrogen functional groups attached to an aromatic ring is 1. The van der Waals surface area contributed by atoms with Gasteiger partial charge in [-0.1, -0.05) is 6.08 Å². The van der Waals surface area contributed by atoms with E-state index in [0.29, 0.717) is 24.8 Å². The van der Waals surface area contributed by atoms with Crippen LogP contribution in [0.25, 0.3) is 0 Å². The Morgan fingerprint density at radius 1 is 1.61 bits per heavy atom. The van der Waals surface area contributed by atoms with E-state index in [1.54, 1.807) is 6.08 Å². The molecule has 0 bridgehead atoms. The smallest absolute Gasteiger partial charge is 0.344 e. The maximum atomic E-state index is 11.5. The number of carbonyl (C=O) groups excluding carboxylic acids is 1. The fourth-order valence-electron chi connectivity index (χ4n) is 1.23. The molecule has 0 fully saturated rings. The minimum Gasteiger partial charge on any atom is -0.465 e. The van der Waals surface area contributed by atoms with Gasteiger partial charge in [-0.05, 0) is 18.0 Å². The lowest BCUT2D eigenvalue weighted by molar-refractivity contribution is 0.0603. The second-order valence-electron chi connectivity index (χ2n) is 3.38. The molecule has 0 saturated heterocycles. The van der Waals surface area contributed by atoms with Crippen LogP contribution in [0.3, 0.4) is 0 Å². The Hall–Kier alpha value is -1.60. The molecule has 7 heteroatoms. The van der Waals surface area contributed by atoms with Crippen LogP contribution >= 0.6 is 11.5 Å². The Bertz CT molecular complexity index is 406. The number of hydrogen-bond acceptors (Lipinski definition) is 7. The molecule has 0 amide bonds. The number of rotatable bonds is 8. The van der Waals surface area contributed by atoms with Crippen LogP contribution in [-0.2, 0) is 9.47 Å². The van der Waals surface area contributed by atoms with E-state index in [0.717, 1.165) is 18.0 Å². The van der Waals surface area contributed by atoms with Gasteiger partial charge < -0.3 is 20.5 Å². The van der Waals surface area contributed by atoms with Gasteiger partial charge in [0.2, 0.25) is 0 Å². The lowest BCUT2D eigenvalue weighted by Crippen LogP contribution is -2.12. The third-order valence-corrected chi connectivity index (χ3v) is 2.93. The molecule has 100 valence electrons. The Morgan fingerprint density at radius 3 is 3.06 bits per heavy atom. The fraction of sp³-hybridized carbons (Fsp3) is 0.455. The topological polar surface area (TPSA) is 86.5 Å². The van der Waals surface area contributed by atoms with E-state index in [-0.39, 0.29) is 11.4 Å². The number of ether oxygens (including phenoxy) is 2. The first-order valence-electron chi connectivity index (χ1n) is 5.46. The number of methoxy groups -OCH3 is 1. The highest BCUT2D eigenvalue weighted by Crippen LogP contribution is 2.26. The Balaban J connectivity index is 2.42. The molecule has 0 aliphatic heterocycles. The molecule has 0 saturated carbocycles. The van der Waals surface area contributed by atoms with E-state index < -0.39 is 5.97 Å². The van der Waals surface area contributed by atoms with Crippen molar-refractivity contribution >= 4 is 28.3 Å². The Labute approximate surface area is 110 Å². The van der Waals surface area contributed by atoms with Crippen LogP contribution in [-0.4, -0.2) is 37.2 Å². The van der Waals surface area contributed by atoms with Crippen LogP contribution in [0.5, 0.6) is 0 Å². The van der Waals surface area contributed by atoms with Crippen molar-refractivity contribution in [3.8, 4) is 0 Å². The van der Waals surface area contributed by atoms with E-state index in [2.05, 4.69) is 21.0 Å². The van der Waals surface area contributed by atoms with Gasteiger partial charge in [-0.25, -0.2) is 4.79 Å². The first-order valence-corrected chi connectivity index (χ1v) is 6.24. The predicted octanol–water partition coefficient (Wildman–Crippen LogP) is 1.52. The van der Waals surface area contributed by atoms with Gasteiger partial charge in [0.25, 0.3) is 0 Å². The molecule has 3 N–H and O–H groups in total. The first-order chi connectivity index (χ1) is 8.70. The van der Waals surface area contributed by atoms with Crippen molar-refractivity contribution < 1.29 is 14.3 Å². The molecule has 0 spiro atoms. The summed E-state index contributed by atoms with van der Waals surface area (Å²) in [5.41, 5.74) is 5.89. The molecule has 18 heavy (non-hydrogen) atoms. The number of hydrogen-bond donors (Lipinski definition) is 2. The normalized spacial score (nSPS) is 10.1. The quantitative estimate of drug-likeness (QED) is 0.423. The van der Waals surface area contributed by atoms with Crippen LogP contribution in [0.15, 0.2) is 12.7 Å². The highest BCUT2D eigenvalue weighted by Gasteiger charge is 2.19. The summed E-state index contributed by atoms with van der Waals surface area (Å²) >= 11 is 1.13. The lowest BCUT2D eigenvalue weighted by Gasteiger charge is -2.06. The average molecular weight is 271 g/mol. The average Bonchev–Trinajstić information content (AvgIpc) is 2.74. The maximum Gasteiger partial charge on any atom is 0.344 e. The Morgan fingerprint density at radius 2 is 2.39 bits per heavy atom. The molecule has 1 heterocycles. The van der Waals surface area contributed by atoms with Crippen molar-refractivity contribution in [1.29, 1.82) is 0 Å². The number of nitrogens with zero attached hydrogens (tertiary/aromatic N) is 1. The third kappa shape index (κ3) is 4.01. The zero-order valence-electron chi connectivity index (χ0n) is 10.3. The van der Waals surface area contributed by atoms with Gasteiger partial charge in [-0.3, -0.25) is 0 Å². The second kappa shape index (κ2) is 7.67. The summed E-state index contributed by atoms with van der Waals surface area (Å²) in [6.07, 6.45) is 2.62. The van der Waals surface area contributed by atoms with Gasteiger partial charge in [-0.2, -0.15) is 4.37 Å². The SMILES string of the molecule is C=CCCOCCNc1snc(N)c1C(=O)OC. The Kier molecular flexibility index (Phi) is 6.16. The van der Waals surface area contributed by atoms with Gasteiger partial charge in [0, 0.05) is 6.54 Å². The van der Waals surface area contributed by atoms with Crippen molar-refractivity contribution in [2.45, 2.75) is 6.42 Å². The largest absolute Gasteiger partial charge is 0.465 e. The minimum absolute atomic E-state index is 0.182. The minimum atomic E-state index is -0.490. The maximum absolute atomic E-state index is 11.5. The number of carbonyl (C=O) groups is 1. The van der Waals surface area contributed by atoms with E-state index >= 15 is 0 Å². The molecule has 1 aromatic heterocycles. The molecule has 0 radical (unpaired) electrons. The number of nitrogens with one attached hydrogen (secondary N) is 1. The molecule has 0 atom stereocenters. The van der Waals surface area contributed by atoms with E-state index in [9.17, 15) is 4.79 Å². The monoisotopic (exact) mass is 271 g/mol. The van der Waals surface area contributed by atoms with Crippen molar-refractivity contribution in [3.05, 3.63) is 18.2 Å². The summed E-state index contributed by atoms with van der Waals surface area (Å²) < 4.78 is 13.9. The van der Waals surface area contributed by atoms with E-state index in [4.69, 9.17) is 10.5 Å². The molecule has 1 rings (SSSR count). The van der Waals surface area contributed by atoms with Crippen molar-refractivity contribution in [2.75, 3.05) is 37.9 Å². The zero-order valence-corrected chi connectivity index (χ0v) is 11.1. The van der Waals surface area contributed by atoms with Crippen LogP contribution in [0.2, 0.25) is 0 Å². The van der Waals surface area contributed by atoms with Gasteiger partial charge >= 0.3 is 5.97 Å². The van der Waals surface area contributed by atoms with Crippen LogP contribution < -0.4 is 11.1 Å². The summed E-state index contributed by atoms with van der Waals surface area (Å²) in [5.74, 6) is -0.307. The van der Waals surface area contributed by atoms with Crippen LogP contribution in [0, 0.1) is 0 Å². The second-order valence-corrected chi connectivity index (χ2v) is 4.15. The summed E-state index contributed by atoms with van der Waals surface area (Å²) in [7, 11) is 1.31. The third-order valence-electron chi connectivity index (χ3n) is 2.11. The number of esters is 1. The highest BCUT2D eigenvalue weighted by molar-refractivity contribution is 7.11. The molecular formula is C11H17N3O3S. The predicted molar refractivity (Wildman–Crippen MR) is 72.0 cm³/mol. The highest BCUT2D eigenvalue weighted by atomic mass is 32.1. The van der Waals surface area contributed by atoms with Crippen molar-refractivity contribution in [2.24, 2.45) is 0 Å². The standard InChI is InChI=1S/C11H17N3O3S/c1-3-4-6-17-7-5-13-10-8(11(15)16-2)9(12)14-18-10/h3,13H,1,4-7H2,2H3,(H2,12,14). The first kappa shape index (κ1) is 14.5. The molecule has 0 aliphatic rings. The van der Waals surface area contributed by atoms with E-state index in [1.165, 1.54) is 7.11 Å². The molecule has 0 aromatic carbocycles. The van der Waals surface area contributed by atoms with Crippen LogP contribution in [0.1, 0.15) is 16.8 Å². The summed E-state index contributed by atoms with van der Waals surface area (Å²) in [6, 6.07) is 0. The van der Waals surface area contributed by atoms with Gasteiger partial charge in [0.15, 0.2) is 5.82 Å². The number of nitrogens with two attached hydrogens (primary N) is 1. The molecule has 6 nitrogen and oxygen atoms in total. The summed E-state index contributed by atoms with van der Waals surface area (Å²) in [6.45, 7) is 5.35. The number of anilines is 2. The van der Waals surface area contributed by atoms with Crippen molar-refractivity contribution in [3.63, 3.8) is 0 Å². The molecule has 0 aliphatic carbocycles. The molecule has 1 aromatic rings. The van der Waals surface area contributed by atoms with Crippen LogP contribution in [0.4, 0.5) is 10.8 Å². The van der Waals surface area contributed by atoms with Gasteiger partial charge in [0.1, 0.15) is 10.6 Å². The van der Waals surface area contributed by atoms with Gasteiger partial charge in [-0.15, -0.1) is 6.58 Å². The van der Waals surface area contributed by atoms with Gasteiger partial charge in [0.05, 0.1) is 20.3 Å². The zero-order chi connectivity index (χ0) is 13.4. The number of aromatic nitrogens is 1. The fourth-order valence-corrected chi connectivity index (χ4v) is 1.95. The molecular weight excluding hydrogens is 254 g/mol. The lowest BCUT2D eigenvalue weighted by atomic mass is 10.3. The van der Waals surface area contributed by atoms with E-state index in [1.807, 2.05) is 0 Å².